The van der Waals surface area contributed by atoms with E-state index in [-0.39, 0.29) is 11.9 Å². The van der Waals surface area contributed by atoms with E-state index in [2.05, 4.69) is 5.32 Å². The number of piperidine rings is 1. The number of nitrogens with two attached hydrogens (primary N) is 1. The molecular formula is C13H24N3O2+. The van der Waals surface area contributed by atoms with E-state index in [4.69, 9.17) is 5.73 Å². The Morgan fingerprint density at radius 1 is 1.22 bits per heavy atom. The zero-order valence-corrected chi connectivity index (χ0v) is 11.1. The van der Waals surface area contributed by atoms with Crippen LogP contribution in [0.2, 0.25) is 0 Å². The number of carbonyl (C=O) groups excluding carboxylic acids is 2. The molecule has 2 aliphatic rings. The summed E-state index contributed by atoms with van der Waals surface area (Å²) in [5, 5.41) is 2.19. The van der Waals surface area contributed by atoms with Gasteiger partial charge in [-0.1, -0.05) is 12.8 Å². The van der Waals surface area contributed by atoms with Crippen molar-refractivity contribution in [2.24, 2.45) is 17.6 Å². The van der Waals surface area contributed by atoms with Crippen LogP contribution < -0.4 is 16.0 Å². The molecule has 2 rings (SSSR count). The lowest BCUT2D eigenvalue weighted by molar-refractivity contribution is -0.924. The predicted molar refractivity (Wildman–Crippen MR) is 67.9 cm³/mol. The molecule has 2 fully saturated rings. The number of rotatable bonds is 2. The van der Waals surface area contributed by atoms with Crippen LogP contribution in [0.4, 0.5) is 4.79 Å². The molecule has 4 N–H and O–H groups in total. The van der Waals surface area contributed by atoms with Crippen LogP contribution in [0.15, 0.2) is 0 Å². The average Bonchev–Trinajstić information content (AvgIpc) is 2.36. The summed E-state index contributed by atoms with van der Waals surface area (Å²) in [6.45, 7) is 3.99. The van der Waals surface area contributed by atoms with Crippen LogP contribution in [-0.2, 0) is 4.79 Å². The summed E-state index contributed by atoms with van der Waals surface area (Å²) in [4.78, 5) is 23.8. The standard InChI is InChI=1S/C13H23N3O2/c1-9(12(17)15-13(14)18)16-7-6-10-4-2-3-5-11(10)8-16/h9-11H,2-8H2,1H3,(H3,14,15,17,18)/p+1/t9-,10+,11-/m1/s1. The minimum absolute atomic E-state index is 0.180. The number of hydrogen-bond acceptors (Lipinski definition) is 2. The van der Waals surface area contributed by atoms with E-state index in [1.165, 1.54) is 37.0 Å². The fourth-order valence-corrected chi connectivity index (χ4v) is 3.55. The Labute approximate surface area is 108 Å². The molecule has 0 aromatic rings. The zero-order chi connectivity index (χ0) is 13.1. The van der Waals surface area contributed by atoms with Gasteiger partial charge in [-0.15, -0.1) is 0 Å². The summed E-state index contributed by atoms with van der Waals surface area (Å²) >= 11 is 0. The number of amides is 3. The fourth-order valence-electron chi connectivity index (χ4n) is 3.55. The number of carbonyl (C=O) groups is 2. The Kier molecular flexibility index (Phi) is 4.22. The van der Waals surface area contributed by atoms with Gasteiger partial charge < -0.3 is 10.6 Å². The summed E-state index contributed by atoms with van der Waals surface area (Å²) in [5.41, 5.74) is 4.99. The van der Waals surface area contributed by atoms with E-state index in [1.807, 2.05) is 6.92 Å². The number of likely N-dealkylation sites (tertiary alicyclic amines) is 1. The molecule has 1 unspecified atom stereocenters. The van der Waals surface area contributed by atoms with Gasteiger partial charge in [0, 0.05) is 5.92 Å². The van der Waals surface area contributed by atoms with Crippen LogP contribution in [0.25, 0.3) is 0 Å². The molecule has 0 aromatic heterocycles. The third kappa shape index (κ3) is 3.02. The molecule has 0 spiro atoms. The molecule has 1 aliphatic heterocycles. The Morgan fingerprint density at radius 2 is 1.89 bits per heavy atom. The van der Waals surface area contributed by atoms with E-state index in [0.29, 0.717) is 0 Å². The van der Waals surface area contributed by atoms with E-state index < -0.39 is 6.03 Å². The second-order valence-corrected chi connectivity index (χ2v) is 5.78. The lowest BCUT2D eigenvalue weighted by Crippen LogP contribution is -3.18. The SMILES string of the molecule is C[C@H](C(=O)NC(N)=O)[NH+]1CC[C@@H]2CCCC[C@@H]2C1. The third-order valence-corrected chi connectivity index (χ3v) is 4.68. The van der Waals surface area contributed by atoms with Gasteiger partial charge >= 0.3 is 6.03 Å². The quantitative estimate of drug-likeness (QED) is 0.631. The first-order valence-electron chi connectivity index (χ1n) is 7.03. The monoisotopic (exact) mass is 254 g/mol. The summed E-state index contributed by atoms with van der Waals surface area (Å²) in [6, 6.07) is -0.931. The summed E-state index contributed by atoms with van der Waals surface area (Å²) in [7, 11) is 0. The number of fused-ring (bicyclic) bond motifs is 1. The molecule has 0 bridgehead atoms. The molecule has 4 atom stereocenters. The maximum Gasteiger partial charge on any atom is 0.319 e. The third-order valence-electron chi connectivity index (χ3n) is 4.68. The van der Waals surface area contributed by atoms with Crippen molar-refractivity contribution in [3.63, 3.8) is 0 Å². The molecule has 1 saturated heterocycles. The smallest absolute Gasteiger partial charge is 0.319 e. The number of urea groups is 1. The molecule has 1 saturated carbocycles. The molecule has 1 heterocycles. The highest BCUT2D eigenvalue weighted by atomic mass is 16.2. The van der Waals surface area contributed by atoms with Gasteiger partial charge in [0.1, 0.15) is 0 Å². The summed E-state index contributed by atoms with van der Waals surface area (Å²) < 4.78 is 0. The molecule has 102 valence electrons. The van der Waals surface area contributed by atoms with Crippen molar-refractivity contribution in [3.05, 3.63) is 0 Å². The number of imide groups is 1. The summed E-state index contributed by atoms with van der Waals surface area (Å²) in [6.07, 6.45) is 6.58. The van der Waals surface area contributed by atoms with Gasteiger partial charge in [0.2, 0.25) is 0 Å². The van der Waals surface area contributed by atoms with Gasteiger partial charge in [0.25, 0.3) is 5.91 Å². The van der Waals surface area contributed by atoms with E-state index in [0.717, 1.165) is 24.9 Å². The van der Waals surface area contributed by atoms with E-state index >= 15 is 0 Å². The second-order valence-electron chi connectivity index (χ2n) is 5.78. The average molecular weight is 254 g/mol. The highest BCUT2D eigenvalue weighted by Gasteiger charge is 2.37. The van der Waals surface area contributed by atoms with Crippen LogP contribution >= 0.6 is 0 Å². The van der Waals surface area contributed by atoms with Crippen LogP contribution in [0.5, 0.6) is 0 Å². The molecule has 5 heteroatoms. The molecule has 1 aliphatic carbocycles. The van der Waals surface area contributed by atoms with Crippen LogP contribution in [0.3, 0.4) is 0 Å². The molecule has 18 heavy (non-hydrogen) atoms. The minimum atomic E-state index is -0.751. The molecule has 3 amide bonds. The maximum atomic E-state index is 11.8. The number of hydrogen-bond donors (Lipinski definition) is 3. The Morgan fingerprint density at radius 3 is 2.56 bits per heavy atom. The number of primary amides is 1. The van der Waals surface area contributed by atoms with E-state index in [1.54, 1.807) is 0 Å². The highest BCUT2D eigenvalue weighted by Crippen LogP contribution is 2.32. The van der Waals surface area contributed by atoms with Gasteiger partial charge in [-0.3, -0.25) is 10.1 Å². The lowest BCUT2D eigenvalue weighted by atomic mass is 9.75. The Balaban J connectivity index is 1.89. The van der Waals surface area contributed by atoms with Crippen molar-refractivity contribution in [2.45, 2.75) is 45.1 Å². The van der Waals surface area contributed by atoms with Crippen LogP contribution in [-0.4, -0.2) is 31.1 Å². The van der Waals surface area contributed by atoms with Crippen molar-refractivity contribution in [1.29, 1.82) is 0 Å². The highest BCUT2D eigenvalue weighted by molar-refractivity contribution is 5.95. The first-order chi connectivity index (χ1) is 8.58. The van der Waals surface area contributed by atoms with Gasteiger partial charge in [-0.05, 0) is 32.1 Å². The van der Waals surface area contributed by atoms with E-state index in [9.17, 15) is 9.59 Å². The summed E-state index contributed by atoms with van der Waals surface area (Å²) in [5.74, 6) is 1.40. The van der Waals surface area contributed by atoms with Crippen molar-refractivity contribution >= 4 is 11.9 Å². The molecule has 0 radical (unpaired) electrons. The first kappa shape index (κ1) is 13.3. The molecule has 5 nitrogen and oxygen atoms in total. The normalized spacial score (nSPS) is 33.3. The van der Waals surface area contributed by atoms with Gasteiger partial charge in [-0.2, -0.15) is 0 Å². The predicted octanol–water partition coefficient (Wildman–Crippen LogP) is -0.335. The van der Waals surface area contributed by atoms with Crippen molar-refractivity contribution in [3.8, 4) is 0 Å². The zero-order valence-electron chi connectivity index (χ0n) is 11.1. The fraction of sp³-hybridized carbons (Fsp3) is 0.846. The van der Waals surface area contributed by atoms with Crippen LogP contribution in [0, 0.1) is 11.8 Å². The van der Waals surface area contributed by atoms with Gasteiger partial charge in [-0.25, -0.2) is 4.79 Å². The topological polar surface area (TPSA) is 76.6 Å². The first-order valence-corrected chi connectivity index (χ1v) is 7.03. The lowest BCUT2D eigenvalue weighted by Gasteiger charge is -2.40. The van der Waals surface area contributed by atoms with Gasteiger partial charge in [0.05, 0.1) is 13.1 Å². The number of nitrogens with one attached hydrogen (secondary N) is 2. The second kappa shape index (κ2) is 5.69. The Hall–Kier alpha value is -1.10. The minimum Gasteiger partial charge on any atom is -0.351 e. The van der Waals surface area contributed by atoms with Crippen molar-refractivity contribution in [1.82, 2.24) is 5.32 Å². The molecular weight excluding hydrogens is 230 g/mol. The van der Waals surface area contributed by atoms with Gasteiger partial charge in [0.15, 0.2) is 6.04 Å². The van der Waals surface area contributed by atoms with Crippen LogP contribution in [0.1, 0.15) is 39.0 Å². The largest absolute Gasteiger partial charge is 0.351 e. The number of quaternary nitrogens is 1. The van der Waals surface area contributed by atoms with Crippen molar-refractivity contribution < 1.29 is 14.5 Å². The Bertz CT molecular complexity index is 332. The molecule has 0 aromatic carbocycles. The maximum absolute atomic E-state index is 11.8. The van der Waals surface area contributed by atoms with Crippen molar-refractivity contribution in [2.75, 3.05) is 13.1 Å².